The first kappa shape index (κ1) is 18.3. The Morgan fingerprint density at radius 3 is 2.46 bits per heavy atom. The predicted octanol–water partition coefficient (Wildman–Crippen LogP) is 5.86. The molecule has 3 aromatic rings. The van der Waals surface area contributed by atoms with Gasteiger partial charge < -0.3 is 5.21 Å². The highest BCUT2D eigenvalue weighted by Crippen LogP contribution is 2.32. The van der Waals surface area contributed by atoms with Gasteiger partial charge in [-0.25, -0.2) is 0 Å². The number of halogens is 1. The van der Waals surface area contributed by atoms with Gasteiger partial charge in [0.2, 0.25) is 0 Å². The van der Waals surface area contributed by atoms with Crippen LogP contribution in [0, 0.1) is 13.8 Å². The molecule has 0 aliphatic rings. The highest BCUT2D eigenvalue weighted by molar-refractivity contribution is 9.10. The Morgan fingerprint density at radius 1 is 1.08 bits per heavy atom. The highest BCUT2D eigenvalue weighted by Gasteiger charge is 2.20. The minimum absolute atomic E-state index is 0.101. The Kier molecular flexibility index (Phi) is 5.84. The molecule has 132 valence electrons. The van der Waals surface area contributed by atoms with Crippen LogP contribution in [0.1, 0.15) is 40.3 Å². The Hall–Kier alpha value is -2.46. The summed E-state index contributed by atoms with van der Waals surface area (Å²) in [5, 5.41) is 13.3. The fourth-order valence-corrected chi connectivity index (χ4v) is 3.48. The predicted molar refractivity (Wildman–Crippen MR) is 109 cm³/mol. The SMILES string of the molecule is Cc1cc(C(C[C@H](c2ccc(Br)cc2)c2ccccc2C)=NO)ccn1. The smallest absolute Gasteiger partial charge is 0.0878 e. The first-order chi connectivity index (χ1) is 12.6. The first-order valence-corrected chi connectivity index (χ1v) is 9.32. The van der Waals surface area contributed by atoms with Crippen molar-refractivity contribution in [2.75, 3.05) is 0 Å². The van der Waals surface area contributed by atoms with Crippen LogP contribution in [0.25, 0.3) is 0 Å². The number of benzene rings is 2. The van der Waals surface area contributed by atoms with Crippen LogP contribution >= 0.6 is 15.9 Å². The van der Waals surface area contributed by atoms with E-state index in [0.29, 0.717) is 12.1 Å². The van der Waals surface area contributed by atoms with Gasteiger partial charge in [-0.05, 0) is 54.8 Å². The van der Waals surface area contributed by atoms with Crippen molar-refractivity contribution >= 4 is 21.6 Å². The molecule has 3 nitrogen and oxygen atoms in total. The number of aromatic nitrogens is 1. The Bertz CT molecular complexity index is 919. The van der Waals surface area contributed by atoms with Crippen LogP contribution in [0.2, 0.25) is 0 Å². The maximum atomic E-state index is 9.69. The molecule has 1 aromatic heterocycles. The van der Waals surface area contributed by atoms with Gasteiger partial charge in [0.25, 0.3) is 0 Å². The van der Waals surface area contributed by atoms with E-state index in [1.807, 2.05) is 37.3 Å². The topological polar surface area (TPSA) is 45.5 Å². The van der Waals surface area contributed by atoms with Gasteiger partial charge in [0.15, 0.2) is 0 Å². The number of hydrogen-bond acceptors (Lipinski definition) is 3. The molecule has 0 aliphatic carbocycles. The number of pyridine rings is 1. The van der Waals surface area contributed by atoms with Gasteiger partial charge >= 0.3 is 0 Å². The number of hydrogen-bond donors (Lipinski definition) is 1. The maximum absolute atomic E-state index is 9.69. The molecule has 26 heavy (non-hydrogen) atoms. The van der Waals surface area contributed by atoms with E-state index in [1.54, 1.807) is 6.20 Å². The number of nitrogens with zero attached hydrogens (tertiary/aromatic N) is 2. The van der Waals surface area contributed by atoms with Gasteiger partial charge in [0, 0.05) is 34.3 Å². The summed E-state index contributed by atoms with van der Waals surface area (Å²) in [4.78, 5) is 4.23. The normalized spacial score (nSPS) is 12.8. The minimum atomic E-state index is 0.101. The van der Waals surface area contributed by atoms with Crippen molar-refractivity contribution in [3.63, 3.8) is 0 Å². The molecular weight excluding hydrogens is 388 g/mol. The molecule has 0 aliphatic heterocycles. The third-order valence-corrected chi connectivity index (χ3v) is 5.11. The van der Waals surface area contributed by atoms with Crippen molar-refractivity contribution in [3.8, 4) is 0 Å². The molecule has 3 rings (SSSR count). The fourth-order valence-electron chi connectivity index (χ4n) is 3.22. The van der Waals surface area contributed by atoms with Crippen LogP contribution in [0.4, 0.5) is 0 Å². The molecule has 0 saturated heterocycles. The largest absolute Gasteiger partial charge is 0.411 e. The summed E-state index contributed by atoms with van der Waals surface area (Å²) < 4.78 is 1.05. The molecule has 0 radical (unpaired) electrons. The van der Waals surface area contributed by atoms with Crippen LogP contribution in [-0.4, -0.2) is 15.9 Å². The molecule has 1 atom stereocenters. The van der Waals surface area contributed by atoms with Crippen molar-refractivity contribution in [1.29, 1.82) is 0 Å². The second kappa shape index (κ2) is 8.28. The Balaban J connectivity index is 2.03. The lowest BCUT2D eigenvalue weighted by Crippen LogP contribution is -2.12. The molecule has 0 bridgehead atoms. The summed E-state index contributed by atoms with van der Waals surface area (Å²) in [6.07, 6.45) is 2.35. The van der Waals surface area contributed by atoms with E-state index in [9.17, 15) is 5.21 Å². The quantitative estimate of drug-likeness (QED) is 0.326. The van der Waals surface area contributed by atoms with Crippen LogP contribution in [0.15, 0.2) is 76.5 Å². The lowest BCUT2D eigenvalue weighted by atomic mass is 9.83. The van der Waals surface area contributed by atoms with E-state index in [4.69, 9.17) is 0 Å². The van der Waals surface area contributed by atoms with Gasteiger partial charge in [0.05, 0.1) is 5.71 Å². The van der Waals surface area contributed by atoms with Gasteiger partial charge in [-0.2, -0.15) is 0 Å². The molecule has 1 N–H and O–H groups in total. The molecule has 1 heterocycles. The lowest BCUT2D eigenvalue weighted by molar-refractivity contribution is 0.317. The van der Waals surface area contributed by atoms with Crippen molar-refractivity contribution in [3.05, 3.63) is 99.3 Å². The summed E-state index contributed by atoms with van der Waals surface area (Å²) in [5.41, 5.74) is 6.11. The molecule has 0 unspecified atom stereocenters. The summed E-state index contributed by atoms with van der Waals surface area (Å²) in [6.45, 7) is 4.06. The van der Waals surface area contributed by atoms with Crippen LogP contribution in [0.3, 0.4) is 0 Å². The van der Waals surface area contributed by atoms with E-state index < -0.39 is 0 Å². The number of rotatable bonds is 5. The van der Waals surface area contributed by atoms with E-state index in [2.05, 4.69) is 63.3 Å². The second-order valence-electron chi connectivity index (χ2n) is 6.40. The summed E-state index contributed by atoms with van der Waals surface area (Å²) in [5.74, 6) is 0.101. The fraction of sp³-hybridized carbons (Fsp3) is 0.182. The maximum Gasteiger partial charge on any atom is 0.0878 e. The van der Waals surface area contributed by atoms with Crippen LogP contribution in [0.5, 0.6) is 0 Å². The molecule has 2 aromatic carbocycles. The van der Waals surface area contributed by atoms with Gasteiger partial charge in [-0.3, -0.25) is 4.98 Å². The summed E-state index contributed by atoms with van der Waals surface area (Å²) >= 11 is 3.50. The van der Waals surface area contributed by atoms with Crippen LogP contribution in [-0.2, 0) is 0 Å². The third kappa shape index (κ3) is 4.20. The zero-order chi connectivity index (χ0) is 18.5. The molecule has 0 saturated carbocycles. The van der Waals surface area contributed by atoms with Crippen molar-refractivity contribution < 1.29 is 5.21 Å². The highest BCUT2D eigenvalue weighted by atomic mass is 79.9. The molecule has 0 fully saturated rings. The summed E-state index contributed by atoms with van der Waals surface area (Å²) in [7, 11) is 0. The van der Waals surface area contributed by atoms with Gasteiger partial charge in [-0.15, -0.1) is 0 Å². The van der Waals surface area contributed by atoms with E-state index in [1.165, 1.54) is 16.7 Å². The number of aryl methyl sites for hydroxylation is 2. The average Bonchev–Trinajstić information content (AvgIpc) is 2.65. The molecule has 4 heteroatoms. The standard InChI is InChI=1S/C22H21BrN2O/c1-15-5-3-4-6-20(15)21(17-7-9-19(23)10-8-17)14-22(25-26)18-11-12-24-16(2)13-18/h3-13,21,26H,14H2,1-2H3/t21-/m1/s1. The second-order valence-corrected chi connectivity index (χ2v) is 7.31. The molecule has 0 spiro atoms. The van der Waals surface area contributed by atoms with E-state index in [-0.39, 0.29) is 5.92 Å². The minimum Gasteiger partial charge on any atom is -0.411 e. The third-order valence-electron chi connectivity index (χ3n) is 4.58. The van der Waals surface area contributed by atoms with E-state index >= 15 is 0 Å². The Labute approximate surface area is 162 Å². The van der Waals surface area contributed by atoms with E-state index in [0.717, 1.165) is 15.7 Å². The Morgan fingerprint density at radius 2 is 1.81 bits per heavy atom. The van der Waals surface area contributed by atoms with Crippen molar-refractivity contribution in [2.24, 2.45) is 5.16 Å². The first-order valence-electron chi connectivity index (χ1n) is 8.53. The monoisotopic (exact) mass is 408 g/mol. The zero-order valence-electron chi connectivity index (χ0n) is 14.9. The van der Waals surface area contributed by atoms with Crippen molar-refractivity contribution in [2.45, 2.75) is 26.2 Å². The van der Waals surface area contributed by atoms with Gasteiger partial charge in [-0.1, -0.05) is 57.5 Å². The lowest BCUT2D eigenvalue weighted by Gasteiger charge is -2.21. The molecule has 0 amide bonds. The average molecular weight is 409 g/mol. The van der Waals surface area contributed by atoms with Crippen molar-refractivity contribution in [1.82, 2.24) is 4.98 Å². The number of oxime groups is 1. The zero-order valence-corrected chi connectivity index (χ0v) is 16.4. The molecular formula is C22H21BrN2O. The van der Waals surface area contributed by atoms with Gasteiger partial charge in [0.1, 0.15) is 0 Å². The summed E-state index contributed by atoms with van der Waals surface area (Å²) in [6, 6.07) is 20.5. The van der Waals surface area contributed by atoms with Crippen LogP contribution < -0.4 is 0 Å².